The number of ether oxygens (including phenoxy) is 1. The van der Waals surface area contributed by atoms with Crippen LogP contribution in [0.2, 0.25) is 0 Å². The van der Waals surface area contributed by atoms with Crippen molar-refractivity contribution in [3.8, 4) is 17.6 Å². The molecule has 0 amide bonds. The molecule has 0 aromatic heterocycles. The maximum absolute atomic E-state index is 13.1. The summed E-state index contributed by atoms with van der Waals surface area (Å²) in [6.45, 7) is 0. The quantitative estimate of drug-likeness (QED) is 0.670. The molecule has 0 saturated carbocycles. The normalized spacial score (nSPS) is 11.0. The van der Waals surface area contributed by atoms with E-state index in [1.807, 2.05) is 6.07 Å². The van der Waals surface area contributed by atoms with Crippen molar-refractivity contribution < 1.29 is 22.3 Å². The Morgan fingerprint density at radius 2 is 1.81 bits per heavy atom. The highest BCUT2D eigenvalue weighted by Gasteiger charge is 2.34. The number of hydrogen-bond acceptors (Lipinski definition) is 3. The Morgan fingerprint density at radius 1 is 1.10 bits per heavy atom. The van der Waals surface area contributed by atoms with Gasteiger partial charge in [0.15, 0.2) is 0 Å². The number of nitrogen functional groups attached to an aromatic ring is 1. The number of halogens is 4. The van der Waals surface area contributed by atoms with Crippen LogP contribution < -0.4 is 10.5 Å². The highest BCUT2D eigenvalue weighted by molar-refractivity contribution is 5.57. The van der Waals surface area contributed by atoms with Crippen LogP contribution in [0.25, 0.3) is 0 Å². The molecule has 0 saturated heterocycles. The van der Waals surface area contributed by atoms with E-state index in [9.17, 15) is 17.6 Å². The predicted octanol–water partition coefficient (Wildman–Crippen LogP) is 4.09. The maximum atomic E-state index is 13.1. The standard InChI is InChI=1S/C14H8F4N2O/c15-11-3-2-9(6-10(11)14(16,17)18)21-13-4-1-8(7-19)5-12(13)20/h1-6H,20H2. The molecule has 108 valence electrons. The van der Waals surface area contributed by atoms with Gasteiger partial charge in [-0.15, -0.1) is 0 Å². The summed E-state index contributed by atoms with van der Waals surface area (Å²) < 4.78 is 56.1. The van der Waals surface area contributed by atoms with Gasteiger partial charge in [-0.25, -0.2) is 4.39 Å². The fourth-order valence-electron chi connectivity index (χ4n) is 1.62. The summed E-state index contributed by atoms with van der Waals surface area (Å²) >= 11 is 0. The highest BCUT2D eigenvalue weighted by Crippen LogP contribution is 2.35. The van der Waals surface area contributed by atoms with Crippen LogP contribution >= 0.6 is 0 Å². The lowest BCUT2D eigenvalue weighted by Gasteiger charge is -2.12. The van der Waals surface area contributed by atoms with Crippen molar-refractivity contribution in [1.29, 1.82) is 5.26 Å². The second-order valence-electron chi connectivity index (χ2n) is 4.11. The van der Waals surface area contributed by atoms with Crippen molar-refractivity contribution in [2.75, 3.05) is 5.73 Å². The minimum atomic E-state index is -4.82. The lowest BCUT2D eigenvalue weighted by Crippen LogP contribution is -2.08. The summed E-state index contributed by atoms with van der Waals surface area (Å²) in [5.41, 5.74) is 4.58. The molecule has 0 spiro atoms. The van der Waals surface area contributed by atoms with Gasteiger partial charge in [0.1, 0.15) is 17.3 Å². The lowest BCUT2D eigenvalue weighted by molar-refractivity contribution is -0.140. The summed E-state index contributed by atoms with van der Waals surface area (Å²) in [6.07, 6.45) is -4.82. The number of hydrogen-bond donors (Lipinski definition) is 1. The SMILES string of the molecule is N#Cc1ccc(Oc2ccc(F)c(C(F)(F)F)c2)c(N)c1. The second-order valence-corrected chi connectivity index (χ2v) is 4.11. The Bertz CT molecular complexity index is 720. The molecule has 0 aliphatic rings. The van der Waals surface area contributed by atoms with Gasteiger partial charge in [-0.2, -0.15) is 18.4 Å². The summed E-state index contributed by atoms with van der Waals surface area (Å²) in [7, 11) is 0. The van der Waals surface area contributed by atoms with E-state index in [0.29, 0.717) is 12.1 Å². The molecule has 0 unspecified atom stereocenters. The molecule has 0 fully saturated rings. The van der Waals surface area contributed by atoms with Gasteiger partial charge in [0.25, 0.3) is 0 Å². The molecule has 0 bridgehead atoms. The Kier molecular flexibility index (Phi) is 3.72. The van der Waals surface area contributed by atoms with Crippen LogP contribution in [0.15, 0.2) is 36.4 Å². The van der Waals surface area contributed by atoms with Gasteiger partial charge in [0.2, 0.25) is 0 Å². The van der Waals surface area contributed by atoms with Gasteiger partial charge < -0.3 is 10.5 Å². The number of nitrogens with two attached hydrogens (primary N) is 1. The van der Waals surface area contributed by atoms with Crippen molar-refractivity contribution >= 4 is 5.69 Å². The Morgan fingerprint density at radius 3 is 2.38 bits per heavy atom. The topological polar surface area (TPSA) is 59.0 Å². The third-order valence-corrected chi connectivity index (χ3v) is 2.61. The van der Waals surface area contributed by atoms with Gasteiger partial charge in [-0.3, -0.25) is 0 Å². The zero-order chi connectivity index (χ0) is 15.6. The van der Waals surface area contributed by atoms with Crippen molar-refractivity contribution in [3.05, 3.63) is 53.3 Å². The molecule has 0 atom stereocenters. The van der Waals surface area contributed by atoms with Gasteiger partial charge in [0.05, 0.1) is 22.9 Å². The molecule has 0 aliphatic carbocycles. The van der Waals surface area contributed by atoms with E-state index < -0.39 is 17.6 Å². The molecule has 21 heavy (non-hydrogen) atoms. The molecule has 2 aromatic rings. The molecule has 2 rings (SSSR count). The average Bonchev–Trinajstić information content (AvgIpc) is 2.41. The Hall–Kier alpha value is -2.75. The molecule has 2 aromatic carbocycles. The van der Waals surface area contributed by atoms with Crippen LogP contribution in [0.3, 0.4) is 0 Å². The molecule has 0 aliphatic heterocycles. The molecule has 0 heterocycles. The molecular formula is C14H8F4N2O. The number of anilines is 1. The predicted molar refractivity (Wildman–Crippen MR) is 67.0 cm³/mol. The molecular weight excluding hydrogens is 288 g/mol. The first-order valence-corrected chi connectivity index (χ1v) is 5.65. The van der Waals surface area contributed by atoms with E-state index in [2.05, 4.69) is 0 Å². The zero-order valence-electron chi connectivity index (χ0n) is 10.4. The Labute approximate surface area is 117 Å². The van der Waals surface area contributed by atoms with Gasteiger partial charge in [-0.05, 0) is 36.4 Å². The van der Waals surface area contributed by atoms with Crippen LogP contribution in [0.1, 0.15) is 11.1 Å². The fraction of sp³-hybridized carbons (Fsp3) is 0.0714. The van der Waals surface area contributed by atoms with E-state index in [1.165, 1.54) is 18.2 Å². The molecule has 7 heteroatoms. The van der Waals surface area contributed by atoms with Gasteiger partial charge in [-0.1, -0.05) is 0 Å². The zero-order valence-corrected chi connectivity index (χ0v) is 10.4. The van der Waals surface area contributed by atoms with E-state index in [4.69, 9.17) is 15.7 Å². The van der Waals surface area contributed by atoms with Crippen molar-refractivity contribution in [2.45, 2.75) is 6.18 Å². The first-order chi connectivity index (χ1) is 9.81. The minimum Gasteiger partial charge on any atom is -0.455 e. The van der Waals surface area contributed by atoms with Crippen LogP contribution in [0.5, 0.6) is 11.5 Å². The second kappa shape index (κ2) is 5.32. The minimum absolute atomic E-state index is 0.0775. The number of alkyl halides is 3. The average molecular weight is 296 g/mol. The summed E-state index contributed by atoms with van der Waals surface area (Å²) in [6, 6.07) is 8.21. The molecule has 2 N–H and O–H groups in total. The van der Waals surface area contributed by atoms with Gasteiger partial charge in [0, 0.05) is 0 Å². The summed E-state index contributed by atoms with van der Waals surface area (Å²) in [5.74, 6) is -1.52. The van der Waals surface area contributed by atoms with Gasteiger partial charge >= 0.3 is 6.18 Å². The molecule has 0 radical (unpaired) electrons. The van der Waals surface area contributed by atoms with E-state index in [-0.39, 0.29) is 22.7 Å². The first-order valence-electron chi connectivity index (χ1n) is 5.65. The third-order valence-electron chi connectivity index (χ3n) is 2.61. The van der Waals surface area contributed by atoms with Crippen molar-refractivity contribution in [3.63, 3.8) is 0 Å². The van der Waals surface area contributed by atoms with Crippen LogP contribution in [-0.4, -0.2) is 0 Å². The number of nitriles is 1. The fourth-order valence-corrected chi connectivity index (χ4v) is 1.62. The largest absolute Gasteiger partial charge is 0.455 e. The summed E-state index contributed by atoms with van der Waals surface area (Å²) in [4.78, 5) is 0. The molecule has 3 nitrogen and oxygen atoms in total. The summed E-state index contributed by atoms with van der Waals surface area (Å²) in [5, 5.41) is 8.69. The third kappa shape index (κ3) is 3.23. The van der Waals surface area contributed by atoms with Crippen LogP contribution in [0, 0.1) is 17.1 Å². The maximum Gasteiger partial charge on any atom is 0.419 e. The number of nitrogens with zero attached hydrogens (tertiary/aromatic N) is 1. The van der Waals surface area contributed by atoms with E-state index >= 15 is 0 Å². The van der Waals surface area contributed by atoms with Crippen molar-refractivity contribution in [2.24, 2.45) is 0 Å². The highest BCUT2D eigenvalue weighted by atomic mass is 19.4. The van der Waals surface area contributed by atoms with E-state index in [0.717, 1.165) is 6.07 Å². The number of benzene rings is 2. The Balaban J connectivity index is 2.35. The van der Waals surface area contributed by atoms with Crippen LogP contribution in [0.4, 0.5) is 23.2 Å². The first kappa shape index (κ1) is 14.7. The smallest absolute Gasteiger partial charge is 0.419 e. The van der Waals surface area contributed by atoms with E-state index in [1.54, 1.807) is 0 Å². The van der Waals surface area contributed by atoms with Crippen molar-refractivity contribution in [1.82, 2.24) is 0 Å². The lowest BCUT2D eigenvalue weighted by atomic mass is 10.2. The number of rotatable bonds is 2. The van der Waals surface area contributed by atoms with Crippen LogP contribution in [-0.2, 0) is 6.18 Å². The monoisotopic (exact) mass is 296 g/mol.